The van der Waals surface area contributed by atoms with E-state index in [1.807, 2.05) is 48.5 Å². The summed E-state index contributed by atoms with van der Waals surface area (Å²) in [6, 6.07) is 15.6. The van der Waals surface area contributed by atoms with E-state index in [1.165, 1.54) is 11.8 Å². The van der Waals surface area contributed by atoms with Crippen molar-refractivity contribution in [1.82, 2.24) is 0 Å². The van der Waals surface area contributed by atoms with Crippen LogP contribution in [-0.2, 0) is 4.79 Å². The fraction of sp³-hybridized carbons (Fsp3) is 0.0625. The maximum atomic E-state index is 10.7. The molecule has 0 aliphatic rings. The Kier molecular flexibility index (Phi) is 4.88. The lowest BCUT2D eigenvalue weighted by atomic mass is 10.1. The minimum atomic E-state index is -0.949. The van der Waals surface area contributed by atoms with Crippen LogP contribution < -0.4 is 0 Å². The van der Waals surface area contributed by atoms with Crippen molar-refractivity contribution in [2.45, 2.75) is 4.90 Å². The van der Waals surface area contributed by atoms with Crippen LogP contribution >= 0.6 is 23.4 Å². The number of thioether (sulfide) groups is 1. The maximum absolute atomic E-state index is 10.7. The highest BCUT2D eigenvalue weighted by atomic mass is 35.5. The van der Waals surface area contributed by atoms with Gasteiger partial charge in [0.2, 0.25) is 0 Å². The van der Waals surface area contributed by atoms with E-state index in [2.05, 4.69) is 6.58 Å². The number of carboxylic acids is 1. The van der Waals surface area contributed by atoms with E-state index in [1.54, 1.807) is 0 Å². The summed E-state index contributed by atoms with van der Waals surface area (Å²) < 4.78 is 0. The lowest BCUT2D eigenvalue weighted by Gasteiger charge is -2.05. The lowest BCUT2D eigenvalue weighted by Crippen LogP contribution is -2.00. The van der Waals surface area contributed by atoms with Gasteiger partial charge in [0.1, 0.15) is 0 Å². The van der Waals surface area contributed by atoms with Crippen molar-refractivity contribution in [2.24, 2.45) is 0 Å². The molecule has 0 aromatic heterocycles. The lowest BCUT2D eigenvalue weighted by molar-refractivity contribution is -0.132. The zero-order valence-corrected chi connectivity index (χ0v) is 12.2. The maximum Gasteiger partial charge on any atom is 0.331 e. The van der Waals surface area contributed by atoms with Gasteiger partial charge in [0.15, 0.2) is 0 Å². The fourth-order valence-corrected chi connectivity index (χ4v) is 2.54. The average molecular weight is 305 g/mol. The van der Waals surface area contributed by atoms with Crippen LogP contribution in [0.5, 0.6) is 0 Å². The molecule has 102 valence electrons. The summed E-state index contributed by atoms with van der Waals surface area (Å²) in [5.74, 6) is -0.564. The molecule has 2 rings (SSSR count). The Morgan fingerprint density at radius 2 is 1.55 bits per heavy atom. The molecule has 0 radical (unpaired) electrons. The monoisotopic (exact) mass is 304 g/mol. The van der Waals surface area contributed by atoms with Gasteiger partial charge in [0.05, 0.1) is 0 Å². The third-order valence-electron chi connectivity index (χ3n) is 2.75. The molecular formula is C16H13ClO2S. The number of aliphatic carboxylic acids is 1. The van der Waals surface area contributed by atoms with Gasteiger partial charge in [-0.1, -0.05) is 42.4 Å². The first-order chi connectivity index (χ1) is 9.56. The Morgan fingerprint density at radius 3 is 2.05 bits per heavy atom. The summed E-state index contributed by atoms with van der Waals surface area (Å²) in [5, 5.41) is 9.47. The molecule has 1 N–H and O–H groups in total. The number of hydrogen-bond donors (Lipinski definition) is 1. The van der Waals surface area contributed by atoms with Crippen molar-refractivity contribution in [3.8, 4) is 11.1 Å². The zero-order chi connectivity index (χ0) is 14.5. The van der Waals surface area contributed by atoms with Crippen molar-refractivity contribution >= 4 is 29.3 Å². The summed E-state index contributed by atoms with van der Waals surface area (Å²) in [6.45, 7) is 3.51. The SMILES string of the molecule is C=C(CSc1ccc(-c2ccc(Cl)cc2)cc1)C(=O)O. The molecule has 4 heteroatoms. The number of halogens is 1. The smallest absolute Gasteiger partial charge is 0.331 e. The number of hydrogen-bond acceptors (Lipinski definition) is 2. The molecule has 2 nitrogen and oxygen atoms in total. The van der Waals surface area contributed by atoms with Gasteiger partial charge in [-0.25, -0.2) is 4.79 Å². The molecule has 0 fully saturated rings. The number of carboxylic acid groups (broad SMARTS) is 1. The summed E-state index contributed by atoms with van der Waals surface area (Å²) in [5.41, 5.74) is 2.40. The van der Waals surface area contributed by atoms with E-state index >= 15 is 0 Å². The Morgan fingerprint density at radius 1 is 1.05 bits per heavy atom. The van der Waals surface area contributed by atoms with Crippen LogP contribution in [0.25, 0.3) is 11.1 Å². The fourth-order valence-electron chi connectivity index (χ4n) is 1.62. The van der Waals surface area contributed by atoms with Crippen molar-refractivity contribution in [3.05, 3.63) is 65.7 Å². The van der Waals surface area contributed by atoms with E-state index in [4.69, 9.17) is 16.7 Å². The van der Waals surface area contributed by atoms with E-state index in [-0.39, 0.29) is 5.57 Å². The first-order valence-corrected chi connectivity index (χ1v) is 7.32. The van der Waals surface area contributed by atoms with Gasteiger partial charge in [-0.05, 0) is 35.4 Å². The van der Waals surface area contributed by atoms with Crippen molar-refractivity contribution < 1.29 is 9.90 Å². The van der Waals surface area contributed by atoms with Crippen LogP contribution in [0.2, 0.25) is 5.02 Å². The van der Waals surface area contributed by atoms with Gasteiger partial charge in [-0.15, -0.1) is 11.8 Å². The Labute approximate surface area is 127 Å². The molecule has 0 aliphatic carbocycles. The Balaban J connectivity index is 2.04. The van der Waals surface area contributed by atoms with Crippen LogP contribution in [0, 0.1) is 0 Å². The molecule has 0 heterocycles. The van der Waals surface area contributed by atoms with Crippen LogP contribution in [0.4, 0.5) is 0 Å². The van der Waals surface area contributed by atoms with Gasteiger partial charge in [0, 0.05) is 21.2 Å². The summed E-state index contributed by atoms with van der Waals surface area (Å²) >= 11 is 7.32. The molecule has 0 saturated carbocycles. The topological polar surface area (TPSA) is 37.3 Å². The first kappa shape index (κ1) is 14.7. The van der Waals surface area contributed by atoms with Crippen LogP contribution in [0.15, 0.2) is 65.6 Å². The van der Waals surface area contributed by atoms with Crippen LogP contribution in [0.3, 0.4) is 0 Å². The predicted molar refractivity (Wildman–Crippen MR) is 84.4 cm³/mol. The second-order valence-electron chi connectivity index (χ2n) is 4.23. The quantitative estimate of drug-likeness (QED) is 0.640. The Hall–Kier alpha value is -1.71. The number of carbonyl (C=O) groups is 1. The highest BCUT2D eigenvalue weighted by molar-refractivity contribution is 7.99. The molecule has 0 spiro atoms. The third kappa shape index (κ3) is 3.89. The molecule has 2 aromatic carbocycles. The first-order valence-electron chi connectivity index (χ1n) is 5.96. The van der Waals surface area contributed by atoms with Gasteiger partial charge in [0.25, 0.3) is 0 Å². The largest absolute Gasteiger partial charge is 0.478 e. The number of rotatable bonds is 5. The minimum absolute atomic E-state index is 0.205. The summed E-state index contributed by atoms with van der Waals surface area (Å²) in [7, 11) is 0. The van der Waals surface area contributed by atoms with E-state index < -0.39 is 5.97 Å². The molecule has 0 unspecified atom stereocenters. The van der Waals surface area contributed by atoms with E-state index in [9.17, 15) is 4.79 Å². The second kappa shape index (κ2) is 6.64. The average Bonchev–Trinajstić information content (AvgIpc) is 2.46. The normalized spacial score (nSPS) is 10.2. The summed E-state index contributed by atoms with van der Waals surface area (Å²) in [6.07, 6.45) is 0. The van der Waals surface area contributed by atoms with E-state index in [0.717, 1.165) is 16.0 Å². The van der Waals surface area contributed by atoms with Crippen LogP contribution in [0.1, 0.15) is 0 Å². The zero-order valence-electron chi connectivity index (χ0n) is 10.7. The summed E-state index contributed by atoms with van der Waals surface area (Å²) in [4.78, 5) is 11.7. The van der Waals surface area contributed by atoms with Gasteiger partial charge in [-0.3, -0.25) is 0 Å². The second-order valence-corrected chi connectivity index (χ2v) is 5.71. The van der Waals surface area contributed by atoms with Crippen molar-refractivity contribution in [3.63, 3.8) is 0 Å². The predicted octanol–water partition coefficient (Wildman–Crippen LogP) is 4.74. The molecular weight excluding hydrogens is 292 g/mol. The molecule has 2 aromatic rings. The minimum Gasteiger partial charge on any atom is -0.478 e. The molecule has 0 saturated heterocycles. The molecule has 20 heavy (non-hydrogen) atoms. The Bertz CT molecular complexity index is 618. The molecule has 0 aliphatic heterocycles. The standard InChI is InChI=1S/C16H13ClO2S/c1-11(16(18)19)10-20-15-8-4-13(5-9-15)12-2-6-14(17)7-3-12/h2-9H,1,10H2,(H,18,19). The molecule has 0 bridgehead atoms. The third-order valence-corrected chi connectivity index (χ3v) is 4.10. The van der Waals surface area contributed by atoms with Gasteiger partial charge in [-0.2, -0.15) is 0 Å². The van der Waals surface area contributed by atoms with Crippen LogP contribution in [-0.4, -0.2) is 16.8 Å². The molecule has 0 amide bonds. The van der Waals surface area contributed by atoms with Gasteiger partial charge >= 0.3 is 5.97 Å². The molecule has 0 atom stereocenters. The van der Waals surface area contributed by atoms with Crippen molar-refractivity contribution in [1.29, 1.82) is 0 Å². The van der Waals surface area contributed by atoms with Crippen molar-refractivity contribution in [2.75, 3.05) is 5.75 Å². The number of benzene rings is 2. The highest BCUT2D eigenvalue weighted by Crippen LogP contribution is 2.26. The van der Waals surface area contributed by atoms with Gasteiger partial charge < -0.3 is 5.11 Å². The highest BCUT2D eigenvalue weighted by Gasteiger charge is 2.05. The van der Waals surface area contributed by atoms with E-state index in [0.29, 0.717) is 10.8 Å².